The lowest BCUT2D eigenvalue weighted by Crippen LogP contribution is -1.93. The van der Waals surface area contributed by atoms with Crippen molar-refractivity contribution in [1.29, 1.82) is 0 Å². The quantitative estimate of drug-likeness (QED) is 0.514. The highest BCUT2D eigenvalue weighted by atomic mass is 32.2. The second kappa shape index (κ2) is 5.08. The summed E-state index contributed by atoms with van der Waals surface area (Å²) in [5, 5.41) is 17.8. The molecule has 12 heavy (non-hydrogen) atoms. The monoisotopic (exact) mass is 186 g/mol. The first-order chi connectivity index (χ1) is 5.86. The van der Waals surface area contributed by atoms with Crippen molar-refractivity contribution in [2.75, 3.05) is 12.4 Å². The molecule has 0 fully saturated rings. The number of aliphatic hydroxyl groups is 2. The van der Waals surface area contributed by atoms with Crippen LogP contribution in [0.25, 0.3) is 0 Å². The van der Waals surface area contributed by atoms with Gasteiger partial charge in [0, 0.05) is 23.7 Å². The number of aromatic nitrogens is 2. The Labute approximate surface area is 74.7 Å². The van der Waals surface area contributed by atoms with Crippen LogP contribution in [0, 0.1) is 0 Å². The Morgan fingerprint density at radius 1 is 1.25 bits per heavy atom. The summed E-state index contributed by atoms with van der Waals surface area (Å²) < 4.78 is 0. The third-order valence-corrected chi connectivity index (χ3v) is 2.04. The Morgan fingerprint density at radius 3 is 2.42 bits per heavy atom. The molecule has 0 aliphatic carbocycles. The van der Waals surface area contributed by atoms with Crippen LogP contribution in [0.3, 0.4) is 0 Å². The van der Waals surface area contributed by atoms with Crippen LogP contribution in [0.1, 0.15) is 5.56 Å². The summed E-state index contributed by atoms with van der Waals surface area (Å²) >= 11 is 1.39. The van der Waals surface area contributed by atoms with Crippen molar-refractivity contribution in [3.8, 4) is 0 Å². The number of thioether (sulfide) groups is 1. The van der Waals surface area contributed by atoms with Gasteiger partial charge >= 0.3 is 0 Å². The van der Waals surface area contributed by atoms with Crippen molar-refractivity contribution in [2.24, 2.45) is 0 Å². The fraction of sp³-hybridized carbons (Fsp3) is 0.429. The molecule has 0 spiro atoms. The van der Waals surface area contributed by atoms with Crippen molar-refractivity contribution in [3.63, 3.8) is 0 Å². The normalized spacial score (nSPS) is 10.2. The van der Waals surface area contributed by atoms with Crippen LogP contribution in [-0.2, 0) is 6.61 Å². The first-order valence-corrected chi connectivity index (χ1v) is 4.51. The zero-order valence-electron chi connectivity index (χ0n) is 6.47. The summed E-state index contributed by atoms with van der Waals surface area (Å²) in [6.07, 6.45) is 3.15. The minimum atomic E-state index is -0.0368. The Bertz CT molecular complexity index is 227. The third-order valence-electron chi connectivity index (χ3n) is 1.19. The summed E-state index contributed by atoms with van der Waals surface area (Å²) in [6, 6.07) is 0. The SMILES string of the molecule is OCCSc1ncc(CO)cn1. The summed E-state index contributed by atoms with van der Waals surface area (Å²) in [7, 11) is 0. The van der Waals surface area contributed by atoms with E-state index in [1.54, 1.807) is 12.4 Å². The molecule has 5 heteroatoms. The molecule has 1 rings (SSSR count). The maximum atomic E-state index is 8.68. The van der Waals surface area contributed by atoms with Crippen LogP contribution >= 0.6 is 11.8 Å². The molecule has 0 bridgehead atoms. The molecular formula is C7H10N2O2S. The summed E-state index contributed by atoms with van der Waals surface area (Å²) in [5.41, 5.74) is 0.698. The summed E-state index contributed by atoms with van der Waals surface area (Å²) in [4.78, 5) is 7.94. The van der Waals surface area contributed by atoms with E-state index in [9.17, 15) is 0 Å². The average molecular weight is 186 g/mol. The van der Waals surface area contributed by atoms with E-state index in [0.717, 1.165) is 0 Å². The molecule has 0 unspecified atom stereocenters. The zero-order chi connectivity index (χ0) is 8.81. The lowest BCUT2D eigenvalue weighted by Gasteiger charge is -1.97. The van der Waals surface area contributed by atoms with Crippen molar-refractivity contribution in [2.45, 2.75) is 11.8 Å². The van der Waals surface area contributed by atoms with Crippen LogP contribution < -0.4 is 0 Å². The van der Waals surface area contributed by atoms with Gasteiger partial charge in [-0.15, -0.1) is 0 Å². The van der Waals surface area contributed by atoms with E-state index in [2.05, 4.69) is 9.97 Å². The molecule has 1 aromatic rings. The van der Waals surface area contributed by atoms with Crippen LogP contribution in [0.2, 0.25) is 0 Å². The van der Waals surface area contributed by atoms with Crippen molar-refractivity contribution in [1.82, 2.24) is 9.97 Å². The molecule has 0 aliphatic rings. The van der Waals surface area contributed by atoms with Crippen LogP contribution in [0.4, 0.5) is 0 Å². The minimum Gasteiger partial charge on any atom is -0.396 e. The predicted molar refractivity (Wildman–Crippen MR) is 45.8 cm³/mol. The van der Waals surface area contributed by atoms with Gasteiger partial charge in [-0.1, -0.05) is 11.8 Å². The number of nitrogens with zero attached hydrogens (tertiary/aromatic N) is 2. The Balaban J connectivity index is 2.53. The largest absolute Gasteiger partial charge is 0.396 e. The summed E-state index contributed by atoms with van der Waals surface area (Å²) in [6.45, 7) is 0.0841. The van der Waals surface area contributed by atoms with E-state index in [1.807, 2.05) is 0 Å². The number of hydrogen-bond donors (Lipinski definition) is 2. The minimum absolute atomic E-state index is 0.0368. The van der Waals surface area contributed by atoms with E-state index >= 15 is 0 Å². The molecule has 1 heterocycles. The fourth-order valence-electron chi connectivity index (χ4n) is 0.636. The molecule has 0 radical (unpaired) electrons. The molecule has 0 aromatic carbocycles. The Morgan fingerprint density at radius 2 is 1.92 bits per heavy atom. The van der Waals surface area contributed by atoms with E-state index in [0.29, 0.717) is 16.5 Å². The number of aliphatic hydroxyl groups excluding tert-OH is 2. The van der Waals surface area contributed by atoms with Crippen LogP contribution in [-0.4, -0.2) is 32.5 Å². The van der Waals surface area contributed by atoms with Gasteiger partial charge in [-0.25, -0.2) is 9.97 Å². The van der Waals surface area contributed by atoms with Crippen molar-refractivity contribution in [3.05, 3.63) is 18.0 Å². The molecule has 66 valence electrons. The van der Waals surface area contributed by atoms with E-state index < -0.39 is 0 Å². The fourth-order valence-corrected chi connectivity index (χ4v) is 1.16. The van der Waals surface area contributed by atoms with Crippen molar-refractivity contribution >= 4 is 11.8 Å². The first kappa shape index (κ1) is 9.44. The second-order valence-corrected chi connectivity index (χ2v) is 3.17. The van der Waals surface area contributed by atoms with Gasteiger partial charge < -0.3 is 10.2 Å². The average Bonchev–Trinajstić information content (AvgIpc) is 2.15. The molecule has 4 nitrogen and oxygen atoms in total. The van der Waals surface area contributed by atoms with Gasteiger partial charge in [-0.05, 0) is 0 Å². The van der Waals surface area contributed by atoms with Gasteiger partial charge in [0.2, 0.25) is 0 Å². The van der Waals surface area contributed by atoms with Crippen LogP contribution in [0.15, 0.2) is 17.6 Å². The number of rotatable bonds is 4. The molecule has 0 amide bonds. The van der Waals surface area contributed by atoms with E-state index in [-0.39, 0.29) is 13.2 Å². The first-order valence-electron chi connectivity index (χ1n) is 3.52. The van der Waals surface area contributed by atoms with E-state index in [4.69, 9.17) is 10.2 Å². The zero-order valence-corrected chi connectivity index (χ0v) is 7.29. The third kappa shape index (κ3) is 2.77. The highest BCUT2D eigenvalue weighted by Crippen LogP contribution is 2.10. The predicted octanol–water partition coefficient (Wildman–Crippen LogP) is 0.0533. The van der Waals surface area contributed by atoms with Crippen molar-refractivity contribution < 1.29 is 10.2 Å². The molecule has 1 aromatic heterocycles. The van der Waals surface area contributed by atoms with Gasteiger partial charge in [-0.3, -0.25) is 0 Å². The van der Waals surface area contributed by atoms with Gasteiger partial charge in [0.15, 0.2) is 5.16 Å². The molecule has 2 N–H and O–H groups in total. The van der Waals surface area contributed by atoms with Gasteiger partial charge in [0.25, 0.3) is 0 Å². The molecule has 0 saturated carbocycles. The number of hydrogen-bond acceptors (Lipinski definition) is 5. The highest BCUT2D eigenvalue weighted by molar-refractivity contribution is 7.99. The highest BCUT2D eigenvalue weighted by Gasteiger charge is 1.96. The molecule has 0 aliphatic heterocycles. The topological polar surface area (TPSA) is 66.2 Å². The van der Waals surface area contributed by atoms with Crippen LogP contribution in [0.5, 0.6) is 0 Å². The van der Waals surface area contributed by atoms with Gasteiger partial charge in [0.05, 0.1) is 13.2 Å². The van der Waals surface area contributed by atoms with E-state index in [1.165, 1.54) is 11.8 Å². The van der Waals surface area contributed by atoms with Gasteiger partial charge in [0.1, 0.15) is 0 Å². The molecule has 0 saturated heterocycles. The summed E-state index contributed by atoms with van der Waals surface area (Å²) in [5.74, 6) is 0.596. The standard InChI is InChI=1S/C7H10N2O2S/c10-1-2-12-7-8-3-6(5-11)4-9-7/h3-4,10-11H,1-2,5H2. The smallest absolute Gasteiger partial charge is 0.187 e. The lowest BCUT2D eigenvalue weighted by molar-refractivity contribution is 0.280. The molecule has 0 atom stereocenters. The molecular weight excluding hydrogens is 176 g/mol. The lowest BCUT2D eigenvalue weighted by atomic mass is 10.4. The second-order valence-electron chi connectivity index (χ2n) is 2.10. The maximum Gasteiger partial charge on any atom is 0.187 e. The maximum absolute atomic E-state index is 8.68. The Hall–Kier alpha value is -0.650. The van der Waals surface area contributed by atoms with Gasteiger partial charge in [-0.2, -0.15) is 0 Å². The Kier molecular flexibility index (Phi) is 3.99.